The molecule has 6 nitrogen and oxygen atoms in total. The fraction of sp³-hybridized carbons (Fsp3) is 0.0833. The second-order valence-electron chi connectivity index (χ2n) is 7.29. The van der Waals surface area contributed by atoms with Gasteiger partial charge in [-0.2, -0.15) is 0 Å². The van der Waals surface area contributed by atoms with Gasteiger partial charge >= 0.3 is 0 Å². The van der Waals surface area contributed by atoms with Gasteiger partial charge in [0.2, 0.25) is 0 Å². The first-order valence-electron chi connectivity index (χ1n) is 9.77. The monoisotopic (exact) mass is 415 g/mol. The number of halogens is 1. The Hall–Kier alpha value is -4.13. The summed E-state index contributed by atoms with van der Waals surface area (Å²) in [5.74, 6) is 0.525. The fourth-order valence-electron chi connectivity index (χ4n) is 3.65. The van der Waals surface area contributed by atoms with Crippen LogP contribution in [0.2, 0.25) is 0 Å². The number of phenols is 1. The highest BCUT2D eigenvalue weighted by Gasteiger charge is 2.22. The van der Waals surface area contributed by atoms with Crippen molar-refractivity contribution in [2.45, 2.75) is 12.8 Å². The number of benzene rings is 2. The summed E-state index contributed by atoms with van der Waals surface area (Å²) in [6.45, 7) is 0. The molecule has 2 aliphatic rings. The zero-order chi connectivity index (χ0) is 21.4. The second-order valence-corrected chi connectivity index (χ2v) is 7.29. The van der Waals surface area contributed by atoms with Crippen LogP contribution >= 0.6 is 0 Å². The lowest BCUT2D eigenvalue weighted by atomic mass is 10.1. The molecule has 3 aromatic rings. The lowest BCUT2D eigenvalue weighted by molar-refractivity contribution is 0.473. The number of H-pyrrole nitrogens is 1. The van der Waals surface area contributed by atoms with Crippen LogP contribution in [-0.2, 0) is 12.8 Å². The van der Waals surface area contributed by atoms with Gasteiger partial charge in [0, 0.05) is 18.2 Å². The Bertz CT molecular complexity index is 1370. The van der Waals surface area contributed by atoms with Crippen molar-refractivity contribution in [3.8, 4) is 22.8 Å². The SMILES string of the molecule is O=c1c(Cc2ccco2)nc2c(Cc3ccccc3)[nH]c(-c3cc(O)ccc3F)cn1-2. The molecule has 3 heterocycles. The Kier molecular flexibility index (Phi) is 4.63. The Balaban J connectivity index is 1.69. The number of aromatic hydroxyl groups is 1. The number of hydrogen-bond acceptors (Lipinski definition) is 4. The van der Waals surface area contributed by atoms with E-state index in [0.717, 1.165) is 5.56 Å². The number of aromatic nitrogens is 3. The molecule has 2 aromatic carbocycles. The van der Waals surface area contributed by atoms with Crippen LogP contribution in [0.4, 0.5) is 4.39 Å². The predicted octanol–water partition coefficient (Wildman–Crippen LogP) is 4.28. The normalized spacial score (nSPS) is 11.3. The summed E-state index contributed by atoms with van der Waals surface area (Å²) < 4.78 is 21.3. The number of nitrogens with one attached hydrogen (secondary N) is 1. The Morgan fingerprint density at radius 1 is 1.06 bits per heavy atom. The number of phenolic OH excluding ortho intramolecular Hbond substituents is 1. The minimum Gasteiger partial charge on any atom is -0.508 e. The van der Waals surface area contributed by atoms with Crippen molar-refractivity contribution < 1.29 is 13.9 Å². The summed E-state index contributed by atoms with van der Waals surface area (Å²) >= 11 is 0. The van der Waals surface area contributed by atoms with Gasteiger partial charge in [0.15, 0.2) is 5.82 Å². The average Bonchev–Trinajstić information content (AvgIpc) is 3.40. The van der Waals surface area contributed by atoms with Gasteiger partial charge in [-0.15, -0.1) is 0 Å². The molecule has 7 heteroatoms. The molecule has 0 saturated carbocycles. The molecule has 0 fully saturated rings. The predicted molar refractivity (Wildman–Crippen MR) is 113 cm³/mol. The summed E-state index contributed by atoms with van der Waals surface area (Å²) in [6, 6.07) is 17.1. The van der Waals surface area contributed by atoms with Crippen molar-refractivity contribution >= 4 is 0 Å². The first-order chi connectivity index (χ1) is 15.1. The van der Waals surface area contributed by atoms with Crippen molar-refractivity contribution in [3.05, 3.63) is 112 Å². The zero-order valence-electron chi connectivity index (χ0n) is 16.4. The van der Waals surface area contributed by atoms with Crippen molar-refractivity contribution in [1.82, 2.24) is 14.5 Å². The summed E-state index contributed by atoms with van der Waals surface area (Å²) in [5, 5.41) is 9.85. The van der Waals surface area contributed by atoms with Crippen LogP contribution in [-0.4, -0.2) is 19.6 Å². The molecule has 5 rings (SSSR count). The molecule has 2 aliphatic heterocycles. The van der Waals surface area contributed by atoms with E-state index >= 15 is 0 Å². The van der Waals surface area contributed by atoms with Crippen molar-refractivity contribution in [1.29, 1.82) is 0 Å². The maximum absolute atomic E-state index is 14.5. The van der Waals surface area contributed by atoms with Crippen molar-refractivity contribution in [2.75, 3.05) is 0 Å². The van der Waals surface area contributed by atoms with Crippen LogP contribution in [0, 0.1) is 5.82 Å². The number of nitrogens with zero attached hydrogens (tertiary/aromatic N) is 2. The van der Waals surface area contributed by atoms with Gasteiger partial charge in [0.1, 0.15) is 23.0 Å². The summed E-state index contributed by atoms with van der Waals surface area (Å²) in [5.41, 5.74) is 2.25. The van der Waals surface area contributed by atoms with Crippen LogP contribution < -0.4 is 5.56 Å². The van der Waals surface area contributed by atoms with Crippen molar-refractivity contribution in [2.24, 2.45) is 0 Å². The van der Waals surface area contributed by atoms with E-state index in [2.05, 4.69) is 9.97 Å². The standard InChI is InChI=1S/C24H18FN3O3/c25-19-9-8-16(29)12-18(19)22-14-28-23(20(26-22)11-15-5-2-1-3-6-15)27-21(24(28)30)13-17-7-4-10-31-17/h1-10,12,14,26,29H,11,13H2. The number of rotatable bonds is 5. The first kappa shape index (κ1) is 18.9. The molecule has 1 aromatic heterocycles. The molecule has 154 valence electrons. The highest BCUT2D eigenvalue weighted by Crippen LogP contribution is 2.28. The topological polar surface area (TPSA) is 84.1 Å². The Morgan fingerprint density at radius 3 is 2.68 bits per heavy atom. The lowest BCUT2D eigenvalue weighted by Crippen LogP contribution is -2.18. The van der Waals surface area contributed by atoms with Gasteiger partial charge in [0.25, 0.3) is 5.56 Å². The largest absolute Gasteiger partial charge is 0.508 e. The molecule has 2 N–H and O–H groups in total. The second kappa shape index (κ2) is 7.60. The molecule has 0 amide bonds. The highest BCUT2D eigenvalue weighted by atomic mass is 19.1. The van der Waals surface area contributed by atoms with Crippen LogP contribution in [0.3, 0.4) is 0 Å². The highest BCUT2D eigenvalue weighted by molar-refractivity contribution is 5.63. The molecule has 0 bridgehead atoms. The van der Waals surface area contributed by atoms with E-state index in [0.29, 0.717) is 35.1 Å². The number of fused-ring (bicyclic) bond motifs is 1. The minimum absolute atomic E-state index is 0.0685. The molecule has 0 aliphatic carbocycles. The Morgan fingerprint density at radius 2 is 1.90 bits per heavy atom. The van der Waals surface area contributed by atoms with E-state index in [9.17, 15) is 14.3 Å². The van der Waals surface area contributed by atoms with E-state index in [4.69, 9.17) is 4.42 Å². The summed E-state index contributed by atoms with van der Waals surface area (Å²) in [6.07, 6.45) is 3.79. The van der Waals surface area contributed by atoms with Crippen LogP contribution in [0.15, 0.2) is 82.3 Å². The molecular formula is C24H18FN3O3. The third-order valence-electron chi connectivity index (χ3n) is 5.13. The molecule has 0 radical (unpaired) electrons. The first-order valence-corrected chi connectivity index (χ1v) is 9.77. The number of aromatic amines is 1. The van der Waals surface area contributed by atoms with E-state index in [1.807, 2.05) is 30.3 Å². The molecular weight excluding hydrogens is 397 g/mol. The molecule has 0 spiro atoms. The molecule has 0 atom stereocenters. The van der Waals surface area contributed by atoms with Crippen LogP contribution in [0.1, 0.15) is 22.7 Å². The summed E-state index contributed by atoms with van der Waals surface area (Å²) in [4.78, 5) is 20.9. The zero-order valence-corrected chi connectivity index (χ0v) is 16.4. The van der Waals surface area contributed by atoms with Gasteiger partial charge in [-0.05, 0) is 35.9 Å². The fourth-order valence-corrected chi connectivity index (χ4v) is 3.65. The van der Waals surface area contributed by atoms with Gasteiger partial charge in [-0.1, -0.05) is 30.3 Å². The number of imidazole rings is 1. The number of hydrogen-bond donors (Lipinski definition) is 2. The van der Waals surface area contributed by atoms with E-state index in [-0.39, 0.29) is 23.3 Å². The third kappa shape index (κ3) is 3.61. The Labute approximate surface area is 176 Å². The maximum Gasteiger partial charge on any atom is 0.278 e. The third-order valence-corrected chi connectivity index (χ3v) is 5.13. The van der Waals surface area contributed by atoms with Gasteiger partial charge in [-0.3, -0.25) is 9.36 Å². The average molecular weight is 415 g/mol. The quantitative estimate of drug-likeness (QED) is 0.449. The van der Waals surface area contributed by atoms with Gasteiger partial charge < -0.3 is 14.5 Å². The molecule has 0 saturated heterocycles. The summed E-state index contributed by atoms with van der Waals surface area (Å²) in [7, 11) is 0. The van der Waals surface area contributed by atoms with Crippen LogP contribution in [0.5, 0.6) is 5.75 Å². The lowest BCUT2D eigenvalue weighted by Gasteiger charge is -2.14. The number of furan rings is 1. The van der Waals surface area contributed by atoms with E-state index < -0.39 is 5.82 Å². The minimum atomic E-state index is -0.512. The smallest absolute Gasteiger partial charge is 0.278 e. The van der Waals surface area contributed by atoms with Gasteiger partial charge in [-0.25, -0.2) is 9.37 Å². The van der Waals surface area contributed by atoms with Crippen molar-refractivity contribution in [3.63, 3.8) is 0 Å². The van der Waals surface area contributed by atoms with Gasteiger partial charge in [0.05, 0.1) is 24.1 Å². The van der Waals surface area contributed by atoms with E-state index in [1.54, 1.807) is 18.4 Å². The van der Waals surface area contributed by atoms with E-state index in [1.165, 1.54) is 29.0 Å². The van der Waals surface area contributed by atoms with Crippen LogP contribution in [0.25, 0.3) is 17.1 Å². The molecule has 0 unspecified atom stereocenters. The maximum atomic E-state index is 14.5. The molecule has 31 heavy (non-hydrogen) atoms.